The number of morpholine rings is 1. The summed E-state index contributed by atoms with van der Waals surface area (Å²) >= 11 is 0. The van der Waals surface area contributed by atoms with Gasteiger partial charge in [0.2, 0.25) is 0 Å². The third kappa shape index (κ3) is 6.26. The van der Waals surface area contributed by atoms with Crippen molar-refractivity contribution in [3.63, 3.8) is 0 Å². The van der Waals surface area contributed by atoms with E-state index in [0.717, 1.165) is 31.8 Å². The number of benzene rings is 1. The molecule has 0 saturated carbocycles. The predicted molar refractivity (Wildman–Crippen MR) is 118 cm³/mol. The Hall–Kier alpha value is -2.48. The van der Waals surface area contributed by atoms with Crippen LogP contribution in [-0.4, -0.2) is 73.3 Å². The number of hydrogen-bond donors (Lipinski definition) is 3. The average molecular weight is 413 g/mol. The first-order valence-corrected chi connectivity index (χ1v) is 10.5. The van der Waals surface area contributed by atoms with Crippen LogP contribution in [0.1, 0.15) is 18.1 Å². The highest BCUT2D eigenvalue weighted by Crippen LogP contribution is 2.21. The molecular formula is C23H32N4O3. The van der Waals surface area contributed by atoms with E-state index in [1.807, 2.05) is 6.92 Å². The smallest absolute Gasteiger partial charge is 0.252 e. The van der Waals surface area contributed by atoms with Crippen molar-refractivity contribution >= 4 is 11.7 Å². The van der Waals surface area contributed by atoms with E-state index in [-0.39, 0.29) is 12.5 Å². The SMILES string of the molecule is C=C/C(=C\N=C(C)N1CCOCC1)C(=O)NC[C@@H](O)CNC1Cc2ccccc2C1. The molecule has 1 aliphatic carbocycles. The molecule has 0 radical (unpaired) electrons. The number of ether oxygens (including phenoxy) is 1. The van der Waals surface area contributed by atoms with Crippen molar-refractivity contribution in [1.82, 2.24) is 15.5 Å². The second-order valence-electron chi connectivity index (χ2n) is 7.71. The van der Waals surface area contributed by atoms with Crippen molar-refractivity contribution in [3.8, 4) is 0 Å². The lowest BCUT2D eigenvalue weighted by Gasteiger charge is -2.28. The molecule has 7 nitrogen and oxygen atoms in total. The molecule has 3 N–H and O–H groups in total. The van der Waals surface area contributed by atoms with Crippen molar-refractivity contribution in [2.45, 2.75) is 31.9 Å². The van der Waals surface area contributed by atoms with Crippen molar-refractivity contribution in [1.29, 1.82) is 0 Å². The molecule has 1 fully saturated rings. The van der Waals surface area contributed by atoms with E-state index in [0.29, 0.717) is 31.4 Å². The maximum absolute atomic E-state index is 12.4. The van der Waals surface area contributed by atoms with E-state index >= 15 is 0 Å². The molecule has 0 aromatic heterocycles. The number of aliphatic imine (C=N–C) groups is 1. The van der Waals surface area contributed by atoms with E-state index in [4.69, 9.17) is 4.74 Å². The van der Waals surface area contributed by atoms with Crippen molar-refractivity contribution in [2.24, 2.45) is 4.99 Å². The van der Waals surface area contributed by atoms with Gasteiger partial charge in [-0.2, -0.15) is 0 Å². The zero-order chi connectivity index (χ0) is 21.3. The second-order valence-corrected chi connectivity index (χ2v) is 7.71. The van der Waals surface area contributed by atoms with Gasteiger partial charge < -0.3 is 25.4 Å². The van der Waals surface area contributed by atoms with Gasteiger partial charge in [0.15, 0.2) is 0 Å². The standard InChI is InChI=1S/C23H32N4O3/c1-3-18(14-24-17(2)27-8-10-30-11-9-27)23(29)26-16-22(28)15-25-21-12-19-6-4-5-7-20(19)13-21/h3-7,14,21-22,25,28H,1,8-13,15-16H2,2H3,(H,26,29)/b18-14+,24-17?/t22-/m0/s1. The Morgan fingerprint density at radius 1 is 1.30 bits per heavy atom. The van der Waals surface area contributed by atoms with Crippen LogP contribution in [0.25, 0.3) is 0 Å². The summed E-state index contributed by atoms with van der Waals surface area (Å²) in [5.41, 5.74) is 3.10. The van der Waals surface area contributed by atoms with Crippen LogP contribution in [0, 0.1) is 0 Å². The van der Waals surface area contributed by atoms with Gasteiger partial charge in [0.05, 0.1) is 24.9 Å². The molecule has 0 unspecified atom stereocenters. The van der Waals surface area contributed by atoms with Gasteiger partial charge in [-0.25, -0.2) is 4.99 Å². The molecule has 1 saturated heterocycles. The zero-order valence-corrected chi connectivity index (χ0v) is 17.6. The van der Waals surface area contributed by atoms with Gasteiger partial charge in [0, 0.05) is 38.4 Å². The van der Waals surface area contributed by atoms with E-state index in [9.17, 15) is 9.90 Å². The second kappa shape index (κ2) is 11.1. The van der Waals surface area contributed by atoms with Gasteiger partial charge in [-0.3, -0.25) is 4.79 Å². The van der Waals surface area contributed by atoms with Gasteiger partial charge in [0.1, 0.15) is 5.84 Å². The van der Waals surface area contributed by atoms with E-state index < -0.39 is 6.10 Å². The monoisotopic (exact) mass is 412 g/mol. The summed E-state index contributed by atoms with van der Waals surface area (Å²) in [5, 5.41) is 16.4. The molecule has 1 aromatic carbocycles. The molecule has 3 rings (SSSR count). The number of aliphatic hydroxyl groups is 1. The number of rotatable bonds is 8. The highest BCUT2D eigenvalue weighted by molar-refractivity contribution is 5.96. The largest absolute Gasteiger partial charge is 0.390 e. The number of fused-ring (bicyclic) bond motifs is 1. The first-order chi connectivity index (χ1) is 14.6. The zero-order valence-electron chi connectivity index (χ0n) is 17.6. The third-order valence-corrected chi connectivity index (χ3v) is 5.53. The van der Waals surface area contributed by atoms with Crippen LogP contribution in [0.15, 0.2) is 53.7 Å². The number of amidine groups is 1. The van der Waals surface area contributed by atoms with E-state index in [2.05, 4.69) is 51.4 Å². The number of aliphatic hydroxyl groups excluding tert-OH is 1. The van der Waals surface area contributed by atoms with Gasteiger partial charge >= 0.3 is 0 Å². The minimum absolute atomic E-state index is 0.169. The van der Waals surface area contributed by atoms with Gasteiger partial charge in [-0.1, -0.05) is 36.9 Å². The molecule has 1 atom stereocenters. The van der Waals surface area contributed by atoms with Crippen LogP contribution in [-0.2, 0) is 22.4 Å². The maximum Gasteiger partial charge on any atom is 0.252 e. The topological polar surface area (TPSA) is 86.2 Å². The Balaban J connectivity index is 1.41. The summed E-state index contributed by atoms with van der Waals surface area (Å²) in [6.07, 6.45) is 4.28. The summed E-state index contributed by atoms with van der Waals surface area (Å²) < 4.78 is 5.34. The molecule has 162 valence electrons. The van der Waals surface area contributed by atoms with E-state index in [1.165, 1.54) is 23.4 Å². The normalized spacial score (nSPS) is 18.8. The predicted octanol–water partition coefficient (Wildman–Crippen LogP) is 1.04. The average Bonchev–Trinajstić information content (AvgIpc) is 3.20. The first kappa shape index (κ1) is 22.2. The van der Waals surface area contributed by atoms with Crippen molar-refractivity contribution in [3.05, 3.63) is 59.8 Å². The third-order valence-electron chi connectivity index (χ3n) is 5.53. The summed E-state index contributed by atoms with van der Waals surface area (Å²) in [5.74, 6) is 0.545. The van der Waals surface area contributed by atoms with Gasteiger partial charge in [-0.05, 0) is 30.9 Å². The van der Waals surface area contributed by atoms with Gasteiger partial charge in [-0.15, -0.1) is 0 Å². The Kier molecular flexibility index (Phi) is 8.19. The van der Waals surface area contributed by atoms with Gasteiger partial charge in [0.25, 0.3) is 5.91 Å². The molecule has 0 spiro atoms. The first-order valence-electron chi connectivity index (χ1n) is 10.5. The fraction of sp³-hybridized carbons (Fsp3) is 0.478. The highest BCUT2D eigenvalue weighted by Gasteiger charge is 2.21. The molecule has 1 aliphatic heterocycles. The van der Waals surface area contributed by atoms with Crippen LogP contribution in [0.5, 0.6) is 0 Å². The fourth-order valence-corrected chi connectivity index (χ4v) is 3.73. The Bertz CT molecular complexity index is 774. The molecular weight excluding hydrogens is 380 g/mol. The Morgan fingerprint density at radius 3 is 2.60 bits per heavy atom. The molecule has 30 heavy (non-hydrogen) atoms. The summed E-state index contributed by atoms with van der Waals surface area (Å²) in [7, 11) is 0. The minimum Gasteiger partial charge on any atom is -0.390 e. The molecule has 1 heterocycles. The molecule has 7 heteroatoms. The number of nitrogens with one attached hydrogen (secondary N) is 2. The van der Waals surface area contributed by atoms with Crippen molar-refractivity contribution < 1.29 is 14.6 Å². The van der Waals surface area contributed by atoms with Crippen LogP contribution in [0.3, 0.4) is 0 Å². The number of carbonyl (C=O) groups is 1. The Morgan fingerprint density at radius 2 is 1.97 bits per heavy atom. The maximum atomic E-state index is 12.4. The van der Waals surface area contributed by atoms with E-state index in [1.54, 1.807) is 0 Å². The molecule has 1 aromatic rings. The van der Waals surface area contributed by atoms with Crippen molar-refractivity contribution in [2.75, 3.05) is 39.4 Å². The number of hydrogen-bond acceptors (Lipinski definition) is 5. The number of nitrogens with zero attached hydrogens (tertiary/aromatic N) is 2. The molecule has 2 aliphatic rings. The fourth-order valence-electron chi connectivity index (χ4n) is 3.73. The molecule has 1 amide bonds. The van der Waals surface area contributed by atoms with Crippen LogP contribution in [0.2, 0.25) is 0 Å². The van der Waals surface area contributed by atoms with Crippen LogP contribution in [0.4, 0.5) is 0 Å². The summed E-state index contributed by atoms with van der Waals surface area (Å²) in [4.78, 5) is 18.9. The molecule has 0 bridgehead atoms. The quantitative estimate of drug-likeness (QED) is 0.257. The number of carbonyl (C=O) groups excluding carboxylic acids is 1. The van der Waals surface area contributed by atoms with Crippen LogP contribution < -0.4 is 10.6 Å². The minimum atomic E-state index is -0.665. The lowest BCUT2D eigenvalue weighted by molar-refractivity contribution is -0.117. The Labute approximate surface area is 178 Å². The summed E-state index contributed by atoms with van der Waals surface area (Å²) in [6.45, 7) is 9.18. The van der Waals surface area contributed by atoms with Crippen LogP contribution >= 0.6 is 0 Å². The number of amides is 1. The summed E-state index contributed by atoms with van der Waals surface area (Å²) in [6, 6.07) is 8.75. The highest BCUT2D eigenvalue weighted by atomic mass is 16.5. The lowest BCUT2D eigenvalue weighted by atomic mass is 10.1. The lowest BCUT2D eigenvalue weighted by Crippen LogP contribution is -2.42.